The zero-order valence-electron chi connectivity index (χ0n) is 14.7. The van der Waals surface area contributed by atoms with Crippen molar-refractivity contribution in [2.45, 2.75) is 33.2 Å². The number of ether oxygens (including phenoxy) is 1. The molecule has 2 aromatic heterocycles. The highest BCUT2D eigenvalue weighted by Gasteiger charge is 2.09. The number of hydrogen-bond acceptors (Lipinski definition) is 4. The predicted octanol–water partition coefficient (Wildman–Crippen LogP) is 3.73. The summed E-state index contributed by atoms with van der Waals surface area (Å²) in [5.41, 5.74) is 2.53. The van der Waals surface area contributed by atoms with Gasteiger partial charge in [-0.3, -0.25) is 4.79 Å². The Balaban J connectivity index is 1.57. The van der Waals surface area contributed by atoms with Crippen molar-refractivity contribution in [2.24, 2.45) is 0 Å². The molecular weight excluding hydrogens is 316 g/mol. The van der Waals surface area contributed by atoms with Gasteiger partial charge in [-0.2, -0.15) is 5.10 Å². The largest absolute Gasteiger partial charge is 0.493 e. The highest BCUT2D eigenvalue weighted by atomic mass is 16.5. The van der Waals surface area contributed by atoms with Gasteiger partial charge in [0.2, 0.25) is 5.91 Å². The molecule has 1 aromatic carbocycles. The standard InChI is InChI=1S/C19H22N4O2/c1-13(2)23-19-15(11-21-23)10-16(12-20-19)22-18(24)8-9-25-17-7-5-4-6-14(17)3/h4-7,10-13H,8-9H2,1-3H3,(H,22,24). The zero-order valence-corrected chi connectivity index (χ0v) is 14.7. The Morgan fingerprint density at radius 1 is 1.28 bits per heavy atom. The molecule has 0 aliphatic carbocycles. The van der Waals surface area contributed by atoms with Crippen molar-refractivity contribution < 1.29 is 9.53 Å². The highest BCUT2D eigenvalue weighted by molar-refractivity contribution is 5.92. The third kappa shape index (κ3) is 3.96. The Morgan fingerprint density at radius 2 is 2.08 bits per heavy atom. The molecule has 0 atom stereocenters. The Kier molecular flexibility index (Phi) is 4.97. The van der Waals surface area contributed by atoms with Crippen LogP contribution in [0.2, 0.25) is 0 Å². The minimum Gasteiger partial charge on any atom is -0.493 e. The van der Waals surface area contributed by atoms with Crippen LogP contribution in [0.4, 0.5) is 5.69 Å². The number of carbonyl (C=O) groups is 1. The first-order chi connectivity index (χ1) is 12.0. The van der Waals surface area contributed by atoms with Gasteiger partial charge in [-0.15, -0.1) is 0 Å². The number of para-hydroxylation sites is 1. The third-order valence-electron chi connectivity index (χ3n) is 3.89. The fourth-order valence-electron chi connectivity index (χ4n) is 2.58. The lowest BCUT2D eigenvalue weighted by Crippen LogP contribution is -2.15. The van der Waals surface area contributed by atoms with Gasteiger partial charge in [0.15, 0.2) is 5.65 Å². The number of amides is 1. The second-order valence-electron chi connectivity index (χ2n) is 6.23. The first-order valence-corrected chi connectivity index (χ1v) is 8.36. The minimum absolute atomic E-state index is 0.106. The number of carbonyl (C=O) groups excluding carboxylic acids is 1. The van der Waals surface area contributed by atoms with Crippen LogP contribution < -0.4 is 10.1 Å². The smallest absolute Gasteiger partial charge is 0.227 e. The van der Waals surface area contributed by atoms with Crippen molar-refractivity contribution in [2.75, 3.05) is 11.9 Å². The maximum Gasteiger partial charge on any atom is 0.227 e. The van der Waals surface area contributed by atoms with Gasteiger partial charge in [-0.25, -0.2) is 9.67 Å². The van der Waals surface area contributed by atoms with E-state index in [9.17, 15) is 4.79 Å². The van der Waals surface area contributed by atoms with Crippen LogP contribution in [-0.4, -0.2) is 27.3 Å². The van der Waals surface area contributed by atoms with Crippen LogP contribution in [0.25, 0.3) is 11.0 Å². The normalized spacial score (nSPS) is 11.0. The lowest BCUT2D eigenvalue weighted by molar-refractivity contribution is -0.116. The molecule has 3 rings (SSSR count). The first-order valence-electron chi connectivity index (χ1n) is 8.36. The molecule has 0 bridgehead atoms. The maximum atomic E-state index is 12.1. The summed E-state index contributed by atoms with van der Waals surface area (Å²) in [6.07, 6.45) is 3.69. The molecule has 2 heterocycles. The zero-order chi connectivity index (χ0) is 17.8. The van der Waals surface area contributed by atoms with E-state index < -0.39 is 0 Å². The maximum absolute atomic E-state index is 12.1. The van der Waals surface area contributed by atoms with E-state index in [1.54, 1.807) is 12.4 Å². The molecule has 6 heteroatoms. The van der Waals surface area contributed by atoms with Crippen LogP contribution in [0.5, 0.6) is 5.75 Å². The lowest BCUT2D eigenvalue weighted by atomic mass is 10.2. The van der Waals surface area contributed by atoms with E-state index in [0.717, 1.165) is 22.3 Å². The summed E-state index contributed by atoms with van der Waals surface area (Å²) in [5, 5.41) is 8.09. The second-order valence-corrected chi connectivity index (χ2v) is 6.23. The summed E-state index contributed by atoms with van der Waals surface area (Å²) in [5.74, 6) is 0.700. The fraction of sp³-hybridized carbons (Fsp3) is 0.316. The van der Waals surface area contributed by atoms with Gasteiger partial charge in [-0.05, 0) is 38.5 Å². The summed E-state index contributed by atoms with van der Waals surface area (Å²) >= 11 is 0. The third-order valence-corrected chi connectivity index (χ3v) is 3.89. The number of nitrogens with zero attached hydrogens (tertiary/aromatic N) is 3. The molecule has 0 radical (unpaired) electrons. The predicted molar refractivity (Wildman–Crippen MR) is 97.8 cm³/mol. The molecule has 0 saturated carbocycles. The Morgan fingerprint density at radius 3 is 2.84 bits per heavy atom. The Hall–Kier alpha value is -2.89. The van der Waals surface area contributed by atoms with Crippen LogP contribution in [0.1, 0.15) is 31.9 Å². The van der Waals surface area contributed by atoms with Crippen LogP contribution >= 0.6 is 0 Å². The van der Waals surface area contributed by atoms with Gasteiger partial charge in [0.25, 0.3) is 0 Å². The number of hydrogen-bond donors (Lipinski definition) is 1. The molecule has 0 spiro atoms. The van der Waals surface area contributed by atoms with Crippen LogP contribution in [0.15, 0.2) is 42.7 Å². The fourth-order valence-corrected chi connectivity index (χ4v) is 2.58. The van der Waals surface area contributed by atoms with Crippen molar-refractivity contribution >= 4 is 22.6 Å². The van der Waals surface area contributed by atoms with Crippen molar-refractivity contribution in [1.82, 2.24) is 14.8 Å². The highest BCUT2D eigenvalue weighted by Crippen LogP contribution is 2.19. The van der Waals surface area contributed by atoms with E-state index in [0.29, 0.717) is 12.3 Å². The Labute approximate surface area is 146 Å². The summed E-state index contributed by atoms with van der Waals surface area (Å²) in [7, 11) is 0. The van der Waals surface area contributed by atoms with Gasteiger partial charge in [0.1, 0.15) is 5.75 Å². The van der Waals surface area contributed by atoms with Crippen LogP contribution in [0.3, 0.4) is 0 Å². The molecular formula is C19H22N4O2. The van der Waals surface area contributed by atoms with Crippen LogP contribution in [-0.2, 0) is 4.79 Å². The number of rotatable bonds is 6. The summed E-state index contributed by atoms with van der Waals surface area (Å²) in [6.45, 7) is 6.42. The molecule has 6 nitrogen and oxygen atoms in total. The van der Waals surface area contributed by atoms with Gasteiger partial charge in [0.05, 0.1) is 31.1 Å². The van der Waals surface area contributed by atoms with E-state index in [2.05, 4.69) is 29.2 Å². The van der Waals surface area contributed by atoms with E-state index in [1.807, 2.05) is 41.9 Å². The van der Waals surface area contributed by atoms with E-state index >= 15 is 0 Å². The number of nitrogens with one attached hydrogen (secondary N) is 1. The monoisotopic (exact) mass is 338 g/mol. The molecule has 130 valence electrons. The van der Waals surface area contributed by atoms with Gasteiger partial charge >= 0.3 is 0 Å². The number of pyridine rings is 1. The topological polar surface area (TPSA) is 69.0 Å². The van der Waals surface area contributed by atoms with Crippen molar-refractivity contribution in [3.63, 3.8) is 0 Å². The molecule has 25 heavy (non-hydrogen) atoms. The van der Waals surface area contributed by atoms with Gasteiger partial charge in [-0.1, -0.05) is 18.2 Å². The number of benzene rings is 1. The van der Waals surface area contributed by atoms with E-state index in [4.69, 9.17) is 4.74 Å². The van der Waals surface area contributed by atoms with E-state index in [-0.39, 0.29) is 18.4 Å². The molecule has 0 unspecified atom stereocenters. The average Bonchev–Trinajstić information content (AvgIpc) is 3.00. The van der Waals surface area contributed by atoms with Crippen molar-refractivity contribution in [1.29, 1.82) is 0 Å². The summed E-state index contributed by atoms with van der Waals surface area (Å²) < 4.78 is 7.51. The quantitative estimate of drug-likeness (QED) is 0.743. The van der Waals surface area contributed by atoms with Gasteiger partial charge < -0.3 is 10.1 Å². The lowest BCUT2D eigenvalue weighted by Gasteiger charge is -2.09. The Bertz CT molecular complexity index is 886. The van der Waals surface area contributed by atoms with Crippen LogP contribution in [0, 0.1) is 6.92 Å². The number of aromatic nitrogens is 3. The first kappa shape index (κ1) is 17.0. The van der Waals surface area contributed by atoms with Gasteiger partial charge in [0, 0.05) is 11.4 Å². The second kappa shape index (κ2) is 7.34. The minimum atomic E-state index is -0.106. The number of fused-ring (bicyclic) bond motifs is 1. The molecule has 3 aromatic rings. The number of anilines is 1. The summed E-state index contributed by atoms with van der Waals surface area (Å²) in [6, 6.07) is 9.88. The molecule has 0 aliphatic heterocycles. The molecule has 0 fully saturated rings. The summed E-state index contributed by atoms with van der Waals surface area (Å²) in [4.78, 5) is 16.5. The molecule has 0 saturated heterocycles. The molecule has 0 aliphatic rings. The van der Waals surface area contributed by atoms with Crippen molar-refractivity contribution in [3.05, 3.63) is 48.3 Å². The average molecular weight is 338 g/mol. The molecule has 1 amide bonds. The molecule has 1 N–H and O–H groups in total. The number of aryl methyl sites for hydroxylation is 1. The SMILES string of the molecule is Cc1ccccc1OCCC(=O)Nc1cnc2c(cnn2C(C)C)c1. The van der Waals surface area contributed by atoms with E-state index in [1.165, 1.54) is 0 Å². The van der Waals surface area contributed by atoms with Crippen molar-refractivity contribution in [3.8, 4) is 5.75 Å².